The molecule has 1 amide bonds. The molecule has 1 atom stereocenters. The summed E-state index contributed by atoms with van der Waals surface area (Å²) in [6, 6.07) is 7.01. The number of carbonyl (C=O) groups excluding carboxylic acids is 1. The average Bonchev–Trinajstić information content (AvgIpc) is 3.44. The van der Waals surface area contributed by atoms with Crippen LogP contribution in [0.15, 0.2) is 52.1 Å². The highest BCUT2D eigenvalue weighted by molar-refractivity contribution is 5.99. The summed E-state index contributed by atoms with van der Waals surface area (Å²) in [7, 11) is 1.57. The number of pyridine rings is 3. The molecule has 9 heteroatoms. The first-order chi connectivity index (χ1) is 15.1. The molecule has 0 saturated carbocycles. The third-order valence-electron chi connectivity index (χ3n) is 5.45. The van der Waals surface area contributed by atoms with Gasteiger partial charge >= 0.3 is 0 Å². The summed E-state index contributed by atoms with van der Waals surface area (Å²) in [4.78, 5) is 37.6. The number of aromatic amines is 1. The first-order valence-corrected chi connectivity index (χ1v) is 10.1. The van der Waals surface area contributed by atoms with Gasteiger partial charge in [0.15, 0.2) is 5.58 Å². The van der Waals surface area contributed by atoms with Crippen molar-refractivity contribution >= 4 is 27.9 Å². The zero-order valence-corrected chi connectivity index (χ0v) is 16.9. The Morgan fingerprint density at radius 2 is 2.23 bits per heavy atom. The smallest absolute Gasteiger partial charge is 0.269 e. The van der Waals surface area contributed by atoms with Crippen LogP contribution in [0.1, 0.15) is 22.5 Å². The monoisotopic (exact) mass is 419 g/mol. The number of ether oxygens (including phenoxy) is 1. The van der Waals surface area contributed by atoms with Crippen molar-refractivity contribution in [3.8, 4) is 5.75 Å². The maximum atomic E-state index is 12.2. The third kappa shape index (κ3) is 3.75. The average molecular weight is 419 g/mol. The van der Waals surface area contributed by atoms with Crippen LogP contribution in [0.25, 0.3) is 22.0 Å². The van der Waals surface area contributed by atoms with Crippen LogP contribution >= 0.6 is 0 Å². The highest BCUT2D eigenvalue weighted by atomic mass is 16.5. The number of amides is 1. The van der Waals surface area contributed by atoms with Crippen LogP contribution in [0.5, 0.6) is 5.75 Å². The molecule has 0 radical (unpaired) electrons. The van der Waals surface area contributed by atoms with Gasteiger partial charge in [0, 0.05) is 32.9 Å². The minimum atomic E-state index is -0.225. The molecular formula is C22H21N5O4. The number of aromatic nitrogens is 3. The van der Waals surface area contributed by atoms with Crippen LogP contribution in [0.3, 0.4) is 0 Å². The van der Waals surface area contributed by atoms with Crippen molar-refractivity contribution in [1.82, 2.24) is 25.2 Å². The van der Waals surface area contributed by atoms with Gasteiger partial charge in [-0.05, 0) is 36.2 Å². The van der Waals surface area contributed by atoms with Gasteiger partial charge in [-0.25, -0.2) is 4.98 Å². The SMILES string of the molecule is CNC(=O)c1ccc(O[C@@H]2CCN(Cc3cnc4c(c3)[nH]c(=O)c3ccoc34)C2)cn1. The van der Waals surface area contributed by atoms with Gasteiger partial charge in [-0.3, -0.25) is 19.5 Å². The maximum absolute atomic E-state index is 12.2. The lowest BCUT2D eigenvalue weighted by Gasteiger charge is -2.17. The molecule has 4 aromatic rings. The molecule has 1 saturated heterocycles. The first kappa shape index (κ1) is 19.3. The molecule has 9 nitrogen and oxygen atoms in total. The molecule has 1 aliphatic rings. The molecule has 158 valence electrons. The molecular weight excluding hydrogens is 398 g/mol. The van der Waals surface area contributed by atoms with Crippen LogP contribution in [0, 0.1) is 0 Å². The fourth-order valence-electron chi connectivity index (χ4n) is 3.93. The predicted octanol–water partition coefficient (Wildman–Crippen LogP) is 2.08. The number of likely N-dealkylation sites (tertiary alicyclic amines) is 1. The number of furan rings is 1. The molecule has 0 aromatic carbocycles. The second-order valence-electron chi connectivity index (χ2n) is 7.58. The minimum Gasteiger partial charge on any atom is -0.487 e. The number of H-pyrrole nitrogens is 1. The van der Waals surface area contributed by atoms with Crippen molar-refractivity contribution in [3.63, 3.8) is 0 Å². The van der Waals surface area contributed by atoms with E-state index >= 15 is 0 Å². The Balaban J connectivity index is 1.25. The van der Waals surface area contributed by atoms with Crippen molar-refractivity contribution in [2.24, 2.45) is 0 Å². The number of fused-ring (bicyclic) bond motifs is 3. The number of hydrogen-bond donors (Lipinski definition) is 2. The Morgan fingerprint density at radius 3 is 3.03 bits per heavy atom. The van der Waals surface area contributed by atoms with Gasteiger partial charge < -0.3 is 19.5 Å². The first-order valence-electron chi connectivity index (χ1n) is 10.1. The normalized spacial score (nSPS) is 16.7. The van der Waals surface area contributed by atoms with Gasteiger partial charge in [0.25, 0.3) is 11.5 Å². The predicted molar refractivity (Wildman–Crippen MR) is 114 cm³/mol. The van der Waals surface area contributed by atoms with E-state index in [4.69, 9.17) is 9.15 Å². The van der Waals surface area contributed by atoms with Crippen molar-refractivity contribution in [2.45, 2.75) is 19.1 Å². The van der Waals surface area contributed by atoms with Gasteiger partial charge in [0.2, 0.25) is 0 Å². The fourth-order valence-corrected chi connectivity index (χ4v) is 3.93. The molecule has 5 heterocycles. The Morgan fingerprint density at radius 1 is 1.32 bits per heavy atom. The fraction of sp³-hybridized carbons (Fsp3) is 0.273. The molecule has 0 unspecified atom stereocenters. The highest BCUT2D eigenvalue weighted by Gasteiger charge is 2.24. The van der Waals surface area contributed by atoms with Crippen LogP contribution in [-0.2, 0) is 6.54 Å². The lowest BCUT2D eigenvalue weighted by molar-refractivity contribution is 0.0958. The van der Waals surface area contributed by atoms with Crippen LogP contribution < -0.4 is 15.6 Å². The van der Waals surface area contributed by atoms with Crippen molar-refractivity contribution < 1.29 is 13.9 Å². The zero-order valence-electron chi connectivity index (χ0n) is 16.9. The second-order valence-corrected chi connectivity index (χ2v) is 7.58. The Hall–Kier alpha value is -3.72. The highest BCUT2D eigenvalue weighted by Crippen LogP contribution is 2.23. The van der Waals surface area contributed by atoms with Gasteiger partial charge in [0.05, 0.1) is 23.4 Å². The maximum Gasteiger partial charge on any atom is 0.269 e. The molecule has 2 N–H and O–H groups in total. The van der Waals surface area contributed by atoms with Crippen LogP contribution in [0.2, 0.25) is 0 Å². The number of nitrogens with one attached hydrogen (secondary N) is 2. The lowest BCUT2D eigenvalue weighted by atomic mass is 10.2. The second kappa shape index (κ2) is 7.84. The molecule has 1 aliphatic heterocycles. The van der Waals surface area contributed by atoms with E-state index in [1.165, 1.54) is 6.26 Å². The van der Waals surface area contributed by atoms with Crippen LogP contribution in [0.4, 0.5) is 0 Å². The summed E-state index contributed by atoms with van der Waals surface area (Å²) in [5.74, 6) is 0.420. The van der Waals surface area contributed by atoms with E-state index < -0.39 is 0 Å². The van der Waals surface area contributed by atoms with Gasteiger partial charge in [0.1, 0.15) is 23.1 Å². The number of nitrogens with zero attached hydrogens (tertiary/aromatic N) is 3. The van der Waals surface area contributed by atoms with Gasteiger partial charge in [-0.1, -0.05) is 0 Å². The summed E-state index contributed by atoms with van der Waals surface area (Å²) < 4.78 is 11.5. The summed E-state index contributed by atoms with van der Waals surface area (Å²) >= 11 is 0. The standard InChI is InChI=1S/C22H21N5O4/c1-23-22(29)17-3-2-14(10-24-17)31-15-4-6-27(12-15)11-13-8-18-19(25-9-13)20-16(5-7-30-20)21(28)26-18/h2-3,5,7-10,15H,4,6,11-12H2,1H3,(H,23,29)(H,26,28)/t15-/m1/s1. The van der Waals surface area contributed by atoms with E-state index in [0.717, 1.165) is 25.1 Å². The van der Waals surface area contributed by atoms with E-state index in [-0.39, 0.29) is 17.6 Å². The number of rotatable bonds is 5. The van der Waals surface area contributed by atoms with Crippen molar-refractivity contribution in [1.29, 1.82) is 0 Å². The lowest BCUT2D eigenvalue weighted by Crippen LogP contribution is -2.25. The van der Waals surface area contributed by atoms with Crippen molar-refractivity contribution in [2.75, 3.05) is 20.1 Å². The summed E-state index contributed by atoms with van der Waals surface area (Å²) in [5, 5.41) is 3.05. The number of hydrogen-bond acceptors (Lipinski definition) is 7. The molecule has 4 aromatic heterocycles. The quantitative estimate of drug-likeness (QED) is 0.509. The van der Waals surface area contributed by atoms with Gasteiger partial charge in [-0.2, -0.15) is 0 Å². The van der Waals surface area contributed by atoms with E-state index in [1.807, 2.05) is 12.3 Å². The van der Waals surface area contributed by atoms with Crippen molar-refractivity contribution in [3.05, 3.63) is 64.5 Å². The number of carbonyl (C=O) groups is 1. The van der Waals surface area contributed by atoms with E-state index in [9.17, 15) is 9.59 Å². The molecule has 31 heavy (non-hydrogen) atoms. The largest absolute Gasteiger partial charge is 0.487 e. The summed E-state index contributed by atoms with van der Waals surface area (Å²) in [6.45, 7) is 2.36. The zero-order chi connectivity index (χ0) is 21.4. The molecule has 5 rings (SSSR count). The van der Waals surface area contributed by atoms with Gasteiger partial charge in [-0.15, -0.1) is 0 Å². The third-order valence-corrected chi connectivity index (χ3v) is 5.45. The molecule has 0 spiro atoms. The molecule has 0 bridgehead atoms. The Labute approximate surface area is 177 Å². The Bertz CT molecular complexity index is 1310. The summed E-state index contributed by atoms with van der Waals surface area (Å²) in [6.07, 6.45) is 5.83. The van der Waals surface area contributed by atoms with E-state index in [2.05, 4.69) is 25.2 Å². The van der Waals surface area contributed by atoms with E-state index in [1.54, 1.807) is 31.4 Å². The van der Waals surface area contributed by atoms with E-state index in [0.29, 0.717) is 40.0 Å². The minimum absolute atomic E-state index is 0.0450. The van der Waals surface area contributed by atoms with Crippen LogP contribution in [-0.4, -0.2) is 52.0 Å². The topological polar surface area (TPSA) is 113 Å². The molecule has 1 fully saturated rings. The molecule has 0 aliphatic carbocycles. The summed E-state index contributed by atoms with van der Waals surface area (Å²) in [5.41, 5.74) is 3.01. The Kier molecular flexibility index (Phi) is 4.87.